The predicted molar refractivity (Wildman–Crippen MR) is 66.2 cm³/mol. The molecule has 110 valence electrons. The molecule has 0 radical (unpaired) electrons. The van der Waals surface area contributed by atoms with E-state index in [1.807, 2.05) is 4.90 Å². The Morgan fingerprint density at radius 1 is 1.45 bits per heavy atom. The van der Waals surface area contributed by atoms with Crippen LogP contribution in [0.1, 0.15) is 18.4 Å². The number of aromatic nitrogens is 1. The van der Waals surface area contributed by atoms with E-state index < -0.39 is 11.7 Å². The van der Waals surface area contributed by atoms with Gasteiger partial charge in [0.1, 0.15) is 5.82 Å². The fraction of sp³-hybridized carbons (Fsp3) is 0.538. The SMILES string of the molecule is COC(=O)[C@H]1CCCN(c2ccc(C(F)(F)F)cn2)C1. The lowest BCUT2D eigenvalue weighted by atomic mass is 9.98. The number of hydrogen-bond donors (Lipinski definition) is 0. The average molecular weight is 288 g/mol. The molecule has 1 aliphatic rings. The average Bonchev–Trinajstić information content (AvgIpc) is 2.46. The van der Waals surface area contributed by atoms with Crippen LogP contribution in [0.3, 0.4) is 0 Å². The summed E-state index contributed by atoms with van der Waals surface area (Å²) in [5.74, 6) is -0.0916. The van der Waals surface area contributed by atoms with Crippen molar-refractivity contribution in [2.45, 2.75) is 19.0 Å². The molecule has 0 aliphatic carbocycles. The van der Waals surface area contributed by atoms with Gasteiger partial charge in [-0.05, 0) is 25.0 Å². The molecule has 0 spiro atoms. The largest absolute Gasteiger partial charge is 0.469 e. The van der Waals surface area contributed by atoms with E-state index in [1.165, 1.54) is 13.2 Å². The first kappa shape index (κ1) is 14.6. The summed E-state index contributed by atoms with van der Waals surface area (Å²) in [4.78, 5) is 17.2. The summed E-state index contributed by atoms with van der Waals surface area (Å²) in [7, 11) is 1.33. The zero-order valence-corrected chi connectivity index (χ0v) is 11.0. The lowest BCUT2D eigenvalue weighted by Crippen LogP contribution is -2.39. The number of rotatable bonds is 2. The number of halogens is 3. The second-order valence-electron chi connectivity index (χ2n) is 4.71. The lowest BCUT2D eigenvalue weighted by molar-refractivity contribution is -0.145. The van der Waals surface area contributed by atoms with Gasteiger partial charge in [0.2, 0.25) is 0 Å². The number of ether oxygens (including phenoxy) is 1. The quantitative estimate of drug-likeness (QED) is 0.784. The van der Waals surface area contributed by atoms with E-state index in [4.69, 9.17) is 4.74 Å². The van der Waals surface area contributed by atoms with Gasteiger partial charge in [-0.2, -0.15) is 13.2 Å². The zero-order chi connectivity index (χ0) is 14.8. The number of carbonyl (C=O) groups is 1. The Kier molecular flexibility index (Phi) is 4.15. The molecule has 1 saturated heterocycles. The van der Waals surface area contributed by atoms with Crippen molar-refractivity contribution in [3.63, 3.8) is 0 Å². The van der Waals surface area contributed by atoms with Crippen LogP contribution in [0.15, 0.2) is 18.3 Å². The molecule has 1 fully saturated rings. The van der Waals surface area contributed by atoms with Crippen LogP contribution in [0.2, 0.25) is 0 Å². The molecule has 0 unspecified atom stereocenters. The number of hydrogen-bond acceptors (Lipinski definition) is 4. The normalized spacial score (nSPS) is 19.8. The Hall–Kier alpha value is -1.79. The van der Waals surface area contributed by atoms with Crippen molar-refractivity contribution in [2.24, 2.45) is 5.92 Å². The lowest BCUT2D eigenvalue weighted by Gasteiger charge is -2.32. The van der Waals surface area contributed by atoms with Gasteiger partial charge in [-0.1, -0.05) is 0 Å². The Labute approximate surface area is 114 Å². The highest BCUT2D eigenvalue weighted by molar-refractivity contribution is 5.73. The van der Waals surface area contributed by atoms with Crippen LogP contribution in [0.4, 0.5) is 19.0 Å². The Morgan fingerprint density at radius 3 is 2.75 bits per heavy atom. The maximum absolute atomic E-state index is 12.5. The van der Waals surface area contributed by atoms with Crippen molar-refractivity contribution in [3.05, 3.63) is 23.9 Å². The first-order chi connectivity index (χ1) is 9.41. The fourth-order valence-corrected chi connectivity index (χ4v) is 2.29. The second-order valence-corrected chi connectivity index (χ2v) is 4.71. The van der Waals surface area contributed by atoms with Crippen molar-refractivity contribution in [1.82, 2.24) is 4.98 Å². The number of esters is 1. The summed E-state index contributed by atoms with van der Waals surface area (Å²) in [6.45, 7) is 1.09. The summed E-state index contributed by atoms with van der Waals surface area (Å²) in [6.07, 6.45) is -2.06. The van der Waals surface area contributed by atoms with E-state index in [9.17, 15) is 18.0 Å². The van der Waals surface area contributed by atoms with Crippen molar-refractivity contribution in [2.75, 3.05) is 25.1 Å². The third-order valence-electron chi connectivity index (χ3n) is 3.36. The molecule has 2 heterocycles. The topological polar surface area (TPSA) is 42.4 Å². The Morgan fingerprint density at radius 2 is 2.20 bits per heavy atom. The molecule has 1 aromatic rings. The maximum atomic E-state index is 12.5. The highest BCUT2D eigenvalue weighted by Crippen LogP contribution is 2.30. The maximum Gasteiger partial charge on any atom is 0.417 e. The number of anilines is 1. The molecule has 0 amide bonds. The summed E-state index contributed by atoms with van der Waals surface area (Å²) in [5.41, 5.74) is -0.775. The number of carbonyl (C=O) groups excluding carboxylic acids is 1. The molecule has 0 saturated carbocycles. The van der Waals surface area contributed by atoms with Crippen molar-refractivity contribution in [3.8, 4) is 0 Å². The van der Waals surface area contributed by atoms with Gasteiger partial charge in [0, 0.05) is 19.3 Å². The van der Waals surface area contributed by atoms with Crippen LogP contribution in [0.5, 0.6) is 0 Å². The van der Waals surface area contributed by atoms with E-state index in [2.05, 4.69) is 4.98 Å². The molecule has 7 heteroatoms. The monoisotopic (exact) mass is 288 g/mol. The molecule has 0 aromatic carbocycles. The smallest absolute Gasteiger partial charge is 0.417 e. The number of alkyl halides is 3. The zero-order valence-electron chi connectivity index (χ0n) is 11.0. The van der Waals surface area contributed by atoms with Gasteiger partial charge in [-0.15, -0.1) is 0 Å². The van der Waals surface area contributed by atoms with Crippen molar-refractivity contribution in [1.29, 1.82) is 0 Å². The molecular weight excluding hydrogens is 273 g/mol. The van der Waals surface area contributed by atoms with Crippen LogP contribution in [-0.2, 0) is 15.7 Å². The molecule has 1 aliphatic heterocycles. The minimum Gasteiger partial charge on any atom is -0.469 e. The van der Waals surface area contributed by atoms with Crippen LogP contribution >= 0.6 is 0 Å². The van der Waals surface area contributed by atoms with E-state index in [1.54, 1.807) is 0 Å². The number of methoxy groups -OCH3 is 1. The standard InChI is InChI=1S/C13H15F3N2O2/c1-20-12(19)9-3-2-6-18(8-9)11-5-4-10(7-17-11)13(14,15)16/h4-5,7,9H,2-3,6,8H2,1H3/t9-/m0/s1. The third-order valence-corrected chi connectivity index (χ3v) is 3.36. The van der Waals surface area contributed by atoms with Gasteiger partial charge in [0.05, 0.1) is 18.6 Å². The third kappa shape index (κ3) is 3.20. The summed E-state index contributed by atoms with van der Waals surface area (Å²) >= 11 is 0. The minimum absolute atomic E-state index is 0.252. The van der Waals surface area contributed by atoms with Gasteiger partial charge < -0.3 is 9.64 Å². The van der Waals surface area contributed by atoms with Crippen LogP contribution in [0, 0.1) is 5.92 Å². The fourth-order valence-electron chi connectivity index (χ4n) is 2.29. The van der Waals surface area contributed by atoms with Crippen LogP contribution in [-0.4, -0.2) is 31.2 Å². The van der Waals surface area contributed by atoms with Gasteiger partial charge in [-0.25, -0.2) is 4.98 Å². The van der Waals surface area contributed by atoms with Crippen LogP contribution < -0.4 is 4.90 Å². The summed E-state index contributed by atoms with van der Waals surface area (Å²) in [6, 6.07) is 2.34. The van der Waals surface area contributed by atoms with Crippen LogP contribution in [0.25, 0.3) is 0 Å². The Bertz CT molecular complexity index is 473. The Balaban J connectivity index is 2.09. The first-order valence-corrected chi connectivity index (χ1v) is 6.28. The molecule has 0 N–H and O–H groups in total. The highest BCUT2D eigenvalue weighted by Gasteiger charge is 2.31. The van der Waals surface area contributed by atoms with Crippen molar-refractivity contribution < 1.29 is 22.7 Å². The molecule has 20 heavy (non-hydrogen) atoms. The molecular formula is C13H15F3N2O2. The van der Waals surface area contributed by atoms with Gasteiger partial charge in [-0.3, -0.25) is 4.79 Å². The van der Waals surface area contributed by atoms with Crippen molar-refractivity contribution >= 4 is 11.8 Å². The van der Waals surface area contributed by atoms with Gasteiger partial charge in [0.25, 0.3) is 0 Å². The van der Waals surface area contributed by atoms with E-state index in [0.717, 1.165) is 25.1 Å². The molecule has 1 atom stereocenters. The molecule has 1 aromatic heterocycles. The van der Waals surface area contributed by atoms with Gasteiger partial charge in [0.15, 0.2) is 0 Å². The first-order valence-electron chi connectivity index (χ1n) is 6.28. The molecule has 0 bridgehead atoms. The summed E-state index contributed by atoms with van der Waals surface area (Å²) < 4.78 is 42.1. The van der Waals surface area contributed by atoms with Gasteiger partial charge >= 0.3 is 12.1 Å². The predicted octanol–water partition coefficient (Wildman–Crippen LogP) is 2.49. The molecule has 4 nitrogen and oxygen atoms in total. The summed E-state index contributed by atoms with van der Waals surface area (Å²) in [5, 5.41) is 0. The van der Waals surface area contributed by atoms with E-state index >= 15 is 0 Å². The van der Waals surface area contributed by atoms with E-state index in [-0.39, 0.29) is 11.9 Å². The van der Waals surface area contributed by atoms with E-state index in [0.29, 0.717) is 18.9 Å². The second kappa shape index (κ2) is 5.68. The minimum atomic E-state index is -4.39. The highest BCUT2D eigenvalue weighted by atomic mass is 19.4. The molecule has 2 rings (SSSR count). The number of piperidine rings is 1. The number of pyridine rings is 1. The number of nitrogens with zero attached hydrogens (tertiary/aromatic N) is 2.